The summed E-state index contributed by atoms with van der Waals surface area (Å²) in [5, 5.41) is 2.64. The van der Waals surface area contributed by atoms with Crippen molar-refractivity contribution in [1.82, 2.24) is 4.98 Å². The van der Waals surface area contributed by atoms with E-state index in [2.05, 4.69) is 10.3 Å². The first-order valence-corrected chi connectivity index (χ1v) is 10.3. The zero-order valence-electron chi connectivity index (χ0n) is 16.3. The normalized spacial score (nSPS) is 11.5. The van der Waals surface area contributed by atoms with E-state index >= 15 is 0 Å². The Hall–Kier alpha value is -2.80. The number of carbonyl (C=O) groups excluding carboxylic acids is 2. The Bertz CT molecular complexity index is 1090. The molecule has 1 heterocycles. The van der Waals surface area contributed by atoms with Crippen molar-refractivity contribution in [3.8, 4) is 5.75 Å². The number of anilines is 1. The number of ether oxygens (including phenoxy) is 2. The average Bonchev–Trinajstić information content (AvgIpc) is 2.78. The first-order valence-electron chi connectivity index (χ1n) is 9.20. The van der Waals surface area contributed by atoms with Crippen molar-refractivity contribution in [3.63, 3.8) is 0 Å². The number of hydrogen-bond acceptors (Lipinski definition) is 5. The molecule has 31 heavy (non-hydrogen) atoms. The molecular weight excluding hydrogens is 463 g/mol. The molecule has 1 amide bonds. The number of pyridine rings is 1. The van der Waals surface area contributed by atoms with Gasteiger partial charge in [-0.25, -0.2) is 9.78 Å². The maximum Gasteiger partial charge on any atom is 0.359 e. The number of hydrogen-bond donors (Lipinski definition) is 1. The minimum atomic E-state index is -1.28. The van der Waals surface area contributed by atoms with Crippen LogP contribution in [-0.2, 0) is 9.53 Å². The van der Waals surface area contributed by atoms with Crippen molar-refractivity contribution in [2.75, 3.05) is 11.9 Å². The zero-order chi connectivity index (χ0) is 22.4. The van der Waals surface area contributed by atoms with Gasteiger partial charge in [0.15, 0.2) is 5.69 Å². The van der Waals surface area contributed by atoms with Gasteiger partial charge in [0, 0.05) is 11.8 Å². The summed E-state index contributed by atoms with van der Waals surface area (Å²) in [5.74, 6) is -1.01. The Balaban J connectivity index is 1.90. The molecule has 3 aromatic rings. The monoisotopic (exact) mass is 478 g/mol. The van der Waals surface area contributed by atoms with Gasteiger partial charge >= 0.3 is 5.97 Å². The number of aromatic nitrogens is 1. The molecule has 0 bridgehead atoms. The van der Waals surface area contributed by atoms with E-state index in [0.717, 1.165) is 0 Å². The van der Waals surface area contributed by atoms with E-state index in [9.17, 15) is 9.59 Å². The maximum atomic E-state index is 13.1. The number of benzene rings is 2. The lowest BCUT2D eigenvalue weighted by molar-refractivity contribution is -0.125. The molecule has 160 valence electrons. The Labute approximate surface area is 194 Å². The number of amides is 1. The number of halogens is 3. The topological polar surface area (TPSA) is 77.5 Å². The maximum absolute atomic E-state index is 13.1. The molecular formula is C22H17Cl3N2O4. The molecule has 0 saturated heterocycles. The second-order valence-corrected chi connectivity index (χ2v) is 7.36. The van der Waals surface area contributed by atoms with Crippen LogP contribution in [0.15, 0.2) is 60.8 Å². The van der Waals surface area contributed by atoms with E-state index in [1.807, 2.05) is 6.92 Å². The van der Waals surface area contributed by atoms with Gasteiger partial charge in [0.1, 0.15) is 5.75 Å². The van der Waals surface area contributed by atoms with Crippen LogP contribution in [0.2, 0.25) is 15.1 Å². The van der Waals surface area contributed by atoms with Gasteiger partial charge in [-0.05, 0) is 19.1 Å². The van der Waals surface area contributed by atoms with Crippen molar-refractivity contribution in [1.29, 1.82) is 0 Å². The standard InChI is InChI=1S/C22H17Cl3N2O4/c1-2-30-16-11-7-6-10-15(16)27-21(28)20(13-8-4-3-5-9-13)31-22(29)19-18(25)17(24)14(23)12-26-19/h3-12,20H,2H2,1H3,(H,27,28). The number of esters is 1. The predicted octanol–water partition coefficient (Wildman–Crippen LogP) is 5.98. The number of carbonyl (C=O) groups is 2. The predicted molar refractivity (Wildman–Crippen MR) is 120 cm³/mol. The fourth-order valence-electron chi connectivity index (χ4n) is 2.70. The third-order valence-electron chi connectivity index (χ3n) is 4.12. The number of nitrogens with zero attached hydrogens (tertiary/aromatic N) is 1. The largest absolute Gasteiger partial charge is 0.492 e. The SMILES string of the molecule is CCOc1ccccc1NC(=O)C(OC(=O)c1ncc(Cl)c(Cl)c1Cl)c1ccccc1. The van der Waals surface area contributed by atoms with Gasteiger partial charge in [-0.1, -0.05) is 77.3 Å². The summed E-state index contributed by atoms with van der Waals surface area (Å²) in [6.45, 7) is 2.26. The van der Waals surface area contributed by atoms with E-state index < -0.39 is 18.0 Å². The summed E-state index contributed by atoms with van der Waals surface area (Å²) in [6, 6.07) is 15.5. The van der Waals surface area contributed by atoms with Crippen LogP contribution >= 0.6 is 34.8 Å². The van der Waals surface area contributed by atoms with Crippen LogP contribution in [0.1, 0.15) is 29.1 Å². The third kappa shape index (κ3) is 5.47. The van der Waals surface area contributed by atoms with Gasteiger partial charge in [-0.3, -0.25) is 4.79 Å². The number of nitrogens with one attached hydrogen (secondary N) is 1. The van der Waals surface area contributed by atoms with E-state index in [0.29, 0.717) is 23.6 Å². The van der Waals surface area contributed by atoms with Crippen LogP contribution in [0.25, 0.3) is 0 Å². The summed E-state index contributed by atoms with van der Waals surface area (Å²) in [6.07, 6.45) is -0.0989. The molecule has 0 radical (unpaired) electrons. The molecule has 0 aliphatic carbocycles. The first kappa shape index (κ1) is 22.9. The van der Waals surface area contributed by atoms with Crippen molar-refractivity contribution < 1.29 is 19.1 Å². The van der Waals surface area contributed by atoms with Gasteiger partial charge in [-0.2, -0.15) is 0 Å². The molecule has 1 aromatic heterocycles. The minimum absolute atomic E-state index is 0.0309. The van der Waals surface area contributed by atoms with E-state index in [-0.39, 0.29) is 20.8 Å². The number of rotatable bonds is 7. The Morgan fingerprint density at radius 2 is 1.68 bits per heavy atom. The van der Waals surface area contributed by atoms with E-state index in [4.69, 9.17) is 44.3 Å². The molecule has 0 aliphatic rings. The molecule has 0 aliphatic heterocycles. The fraction of sp³-hybridized carbons (Fsp3) is 0.136. The van der Waals surface area contributed by atoms with E-state index in [1.165, 1.54) is 6.20 Å². The lowest BCUT2D eigenvalue weighted by Crippen LogP contribution is -2.26. The van der Waals surface area contributed by atoms with E-state index in [1.54, 1.807) is 54.6 Å². The second kappa shape index (κ2) is 10.5. The third-order valence-corrected chi connectivity index (χ3v) is 5.36. The molecule has 1 unspecified atom stereocenters. The highest BCUT2D eigenvalue weighted by Crippen LogP contribution is 2.33. The molecule has 1 N–H and O–H groups in total. The molecule has 0 fully saturated rings. The first-order chi connectivity index (χ1) is 14.9. The van der Waals surface area contributed by atoms with Crippen molar-refractivity contribution in [2.45, 2.75) is 13.0 Å². The highest BCUT2D eigenvalue weighted by Gasteiger charge is 2.28. The van der Waals surface area contributed by atoms with Gasteiger partial charge in [0.2, 0.25) is 6.10 Å². The molecule has 0 spiro atoms. The molecule has 2 aromatic carbocycles. The smallest absolute Gasteiger partial charge is 0.359 e. The quantitative estimate of drug-likeness (QED) is 0.422. The lowest BCUT2D eigenvalue weighted by Gasteiger charge is -2.19. The van der Waals surface area contributed by atoms with Gasteiger partial charge in [-0.15, -0.1) is 0 Å². The highest BCUT2D eigenvalue weighted by atomic mass is 35.5. The van der Waals surface area contributed by atoms with Crippen molar-refractivity contribution in [3.05, 3.63) is 87.1 Å². The number of para-hydroxylation sites is 2. The van der Waals surface area contributed by atoms with Gasteiger partial charge in [0.25, 0.3) is 5.91 Å². The van der Waals surface area contributed by atoms with Crippen LogP contribution in [0.5, 0.6) is 5.75 Å². The minimum Gasteiger partial charge on any atom is -0.492 e. The molecule has 3 rings (SSSR count). The molecule has 0 saturated carbocycles. The van der Waals surface area contributed by atoms with Crippen LogP contribution in [0.3, 0.4) is 0 Å². The highest BCUT2D eigenvalue weighted by molar-refractivity contribution is 6.48. The lowest BCUT2D eigenvalue weighted by atomic mass is 10.1. The Kier molecular flexibility index (Phi) is 7.74. The molecule has 1 atom stereocenters. The Morgan fingerprint density at radius 3 is 2.39 bits per heavy atom. The zero-order valence-corrected chi connectivity index (χ0v) is 18.5. The summed E-state index contributed by atoms with van der Waals surface area (Å²) >= 11 is 17.9. The van der Waals surface area contributed by atoms with Crippen LogP contribution in [0.4, 0.5) is 5.69 Å². The fourth-order valence-corrected chi connectivity index (χ4v) is 3.26. The summed E-state index contributed by atoms with van der Waals surface area (Å²) < 4.78 is 11.0. The van der Waals surface area contributed by atoms with Crippen molar-refractivity contribution >= 4 is 52.4 Å². The summed E-state index contributed by atoms with van der Waals surface area (Å²) in [4.78, 5) is 29.8. The van der Waals surface area contributed by atoms with Crippen LogP contribution < -0.4 is 10.1 Å². The molecule has 6 nitrogen and oxygen atoms in total. The summed E-state index contributed by atoms with van der Waals surface area (Å²) in [7, 11) is 0. The van der Waals surface area contributed by atoms with Crippen LogP contribution in [0, 0.1) is 0 Å². The summed E-state index contributed by atoms with van der Waals surface area (Å²) in [5.41, 5.74) is 0.648. The average molecular weight is 480 g/mol. The van der Waals surface area contributed by atoms with Crippen LogP contribution in [-0.4, -0.2) is 23.5 Å². The second-order valence-electron chi connectivity index (χ2n) is 6.20. The van der Waals surface area contributed by atoms with Gasteiger partial charge in [0.05, 0.1) is 27.4 Å². The van der Waals surface area contributed by atoms with Crippen molar-refractivity contribution in [2.24, 2.45) is 0 Å². The van der Waals surface area contributed by atoms with Gasteiger partial charge < -0.3 is 14.8 Å². The Morgan fingerprint density at radius 1 is 1.00 bits per heavy atom. The molecule has 9 heteroatoms.